The Morgan fingerprint density at radius 2 is 1.54 bits per heavy atom. The normalized spacial score (nSPS) is 20.9. The van der Waals surface area contributed by atoms with Crippen molar-refractivity contribution in [3.05, 3.63) is 104 Å². The van der Waals surface area contributed by atoms with Crippen molar-refractivity contribution in [1.82, 2.24) is 0 Å². The lowest BCUT2D eigenvalue weighted by Crippen LogP contribution is -2.23. The summed E-state index contributed by atoms with van der Waals surface area (Å²) in [5, 5.41) is 8.95. The number of halogens is 5. The van der Waals surface area contributed by atoms with E-state index in [0.717, 1.165) is 17.5 Å². The Hall–Kier alpha value is -3.20. The fraction of sp³-hybridized carbons (Fsp3) is 0.424. The van der Waals surface area contributed by atoms with Gasteiger partial charge in [-0.05, 0) is 128 Å². The van der Waals surface area contributed by atoms with E-state index in [-0.39, 0.29) is 46.3 Å². The lowest BCUT2D eigenvalue weighted by molar-refractivity contribution is 0.354. The number of hydrogen-bond acceptors (Lipinski definition) is 1. The van der Waals surface area contributed by atoms with Gasteiger partial charge in [0.25, 0.3) is 0 Å². The summed E-state index contributed by atoms with van der Waals surface area (Å²) < 4.78 is 74.9. The molecular weight excluding hydrogens is 505 g/mol. The van der Waals surface area contributed by atoms with Gasteiger partial charge >= 0.3 is 0 Å². The van der Waals surface area contributed by atoms with Gasteiger partial charge in [-0.25, -0.2) is 22.0 Å². The molecule has 1 unspecified atom stereocenters. The number of aryl methyl sites for hydroxylation is 2. The highest BCUT2D eigenvalue weighted by Crippen LogP contribution is 2.45. The third kappa shape index (κ3) is 5.46. The SMILES string of the molecule is CCc1ccc(CCC2CCc3c(F)c(C4CCC(c5ccc(C#N)c(F)c5)CC4)c(F)c(F)c3C2)c(F)c1. The van der Waals surface area contributed by atoms with Crippen LogP contribution in [0, 0.1) is 46.3 Å². The van der Waals surface area contributed by atoms with Crippen LogP contribution < -0.4 is 0 Å². The van der Waals surface area contributed by atoms with Gasteiger partial charge in [-0.2, -0.15) is 5.26 Å². The second-order valence-electron chi connectivity index (χ2n) is 11.1. The molecule has 1 saturated carbocycles. The quantitative estimate of drug-likeness (QED) is 0.227. The van der Waals surface area contributed by atoms with Crippen molar-refractivity contribution in [2.24, 2.45) is 5.92 Å². The molecule has 0 N–H and O–H groups in total. The zero-order chi connectivity index (χ0) is 27.7. The van der Waals surface area contributed by atoms with Crippen LogP contribution in [0.1, 0.15) is 96.2 Å². The van der Waals surface area contributed by atoms with E-state index in [1.54, 1.807) is 18.2 Å². The minimum atomic E-state index is -1.08. The first kappa shape index (κ1) is 27.4. The molecule has 0 amide bonds. The minimum Gasteiger partial charge on any atom is -0.207 e. The summed E-state index contributed by atoms with van der Waals surface area (Å²) in [6.45, 7) is 1.97. The van der Waals surface area contributed by atoms with Crippen LogP contribution in [-0.2, 0) is 25.7 Å². The maximum absolute atomic E-state index is 15.7. The van der Waals surface area contributed by atoms with Crippen LogP contribution in [0.4, 0.5) is 22.0 Å². The number of rotatable bonds is 6. The Kier molecular flexibility index (Phi) is 8.07. The largest absolute Gasteiger partial charge is 0.207 e. The van der Waals surface area contributed by atoms with Gasteiger partial charge in [0.2, 0.25) is 0 Å². The highest BCUT2D eigenvalue weighted by molar-refractivity contribution is 5.41. The molecule has 3 aromatic carbocycles. The summed E-state index contributed by atoms with van der Waals surface area (Å²) in [5.41, 5.74) is 2.58. The standard InChI is InChI=1S/C33H32F5N/c1-2-19-3-6-22(28(34)16-19)7-4-20-5-14-26-27(15-20)32(37)33(38)30(31(26)36)23-10-8-21(9-11-23)24-12-13-25(18-39)29(35)17-24/h3,6,12-13,16-17,20-21,23H,2,4-5,7-11,14-15H2,1H3. The molecular formula is C33H32F5N. The molecule has 39 heavy (non-hydrogen) atoms. The minimum absolute atomic E-state index is 0.0128. The van der Waals surface area contributed by atoms with Gasteiger partial charge in [-0.1, -0.05) is 25.1 Å². The molecule has 0 radical (unpaired) electrons. The molecule has 0 saturated heterocycles. The smallest absolute Gasteiger partial charge is 0.165 e. The van der Waals surface area contributed by atoms with Gasteiger partial charge in [0.1, 0.15) is 23.5 Å². The molecule has 2 aliphatic carbocycles. The second-order valence-corrected chi connectivity index (χ2v) is 11.1. The average molecular weight is 538 g/mol. The second kappa shape index (κ2) is 11.5. The lowest BCUT2D eigenvalue weighted by Gasteiger charge is -2.32. The third-order valence-corrected chi connectivity index (χ3v) is 8.92. The Balaban J connectivity index is 1.28. The highest BCUT2D eigenvalue weighted by Gasteiger charge is 2.34. The Morgan fingerprint density at radius 3 is 2.21 bits per heavy atom. The number of hydrogen-bond donors (Lipinski definition) is 0. The lowest BCUT2D eigenvalue weighted by atomic mass is 9.73. The molecule has 0 spiro atoms. The number of nitrogens with zero attached hydrogens (tertiary/aromatic N) is 1. The molecule has 5 rings (SSSR count). The molecule has 1 fully saturated rings. The Labute approximate surface area is 226 Å². The molecule has 1 nitrogen and oxygen atoms in total. The van der Waals surface area contributed by atoms with Crippen LogP contribution in [0.5, 0.6) is 0 Å². The highest BCUT2D eigenvalue weighted by atomic mass is 19.2. The van der Waals surface area contributed by atoms with Crippen molar-refractivity contribution in [2.45, 2.75) is 83.0 Å². The summed E-state index contributed by atoms with van der Waals surface area (Å²) in [5.74, 6) is -3.82. The van der Waals surface area contributed by atoms with E-state index < -0.39 is 29.2 Å². The van der Waals surface area contributed by atoms with E-state index in [0.29, 0.717) is 56.9 Å². The van der Waals surface area contributed by atoms with Crippen molar-refractivity contribution < 1.29 is 22.0 Å². The van der Waals surface area contributed by atoms with Crippen LogP contribution in [0.3, 0.4) is 0 Å². The average Bonchev–Trinajstić information content (AvgIpc) is 2.95. The zero-order valence-corrected chi connectivity index (χ0v) is 22.1. The number of benzene rings is 3. The van der Waals surface area contributed by atoms with Gasteiger partial charge in [0, 0.05) is 5.56 Å². The van der Waals surface area contributed by atoms with Crippen LogP contribution in [-0.4, -0.2) is 0 Å². The molecule has 2 aliphatic rings. The molecule has 3 aromatic rings. The van der Waals surface area contributed by atoms with Crippen LogP contribution >= 0.6 is 0 Å². The van der Waals surface area contributed by atoms with Crippen LogP contribution in [0.25, 0.3) is 0 Å². The maximum Gasteiger partial charge on any atom is 0.165 e. The first-order chi connectivity index (χ1) is 18.8. The van der Waals surface area contributed by atoms with Crippen molar-refractivity contribution in [3.63, 3.8) is 0 Å². The van der Waals surface area contributed by atoms with E-state index in [2.05, 4.69) is 0 Å². The van der Waals surface area contributed by atoms with E-state index in [9.17, 15) is 8.78 Å². The summed E-state index contributed by atoms with van der Waals surface area (Å²) in [7, 11) is 0. The molecule has 1 atom stereocenters. The van der Waals surface area contributed by atoms with Crippen LogP contribution in [0.2, 0.25) is 0 Å². The summed E-state index contributed by atoms with van der Waals surface area (Å²) >= 11 is 0. The third-order valence-electron chi connectivity index (χ3n) is 8.92. The molecule has 0 aromatic heterocycles. The van der Waals surface area contributed by atoms with Crippen molar-refractivity contribution in [3.8, 4) is 6.07 Å². The summed E-state index contributed by atoms with van der Waals surface area (Å²) in [6.07, 6.45) is 5.30. The Bertz CT molecular complexity index is 1410. The van der Waals surface area contributed by atoms with Gasteiger partial charge in [-0.15, -0.1) is 0 Å². The predicted octanol–water partition coefficient (Wildman–Crippen LogP) is 9.00. The van der Waals surface area contributed by atoms with Crippen LogP contribution in [0.15, 0.2) is 36.4 Å². The summed E-state index contributed by atoms with van der Waals surface area (Å²) in [6, 6.07) is 11.6. The molecule has 0 bridgehead atoms. The molecule has 204 valence electrons. The monoisotopic (exact) mass is 537 g/mol. The topological polar surface area (TPSA) is 23.8 Å². The fourth-order valence-corrected chi connectivity index (χ4v) is 6.56. The Morgan fingerprint density at radius 1 is 0.795 bits per heavy atom. The van der Waals surface area contributed by atoms with E-state index >= 15 is 13.2 Å². The van der Waals surface area contributed by atoms with E-state index in [4.69, 9.17) is 5.26 Å². The number of nitriles is 1. The van der Waals surface area contributed by atoms with Gasteiger partial charge in [0.05, 0.1) is 5.56 Å². The first-order valence-electron chi connectivity index (χ1n) is 14.0. The number of fused-ring (bicyclic) bond motifs is 1. The molecule has 0 aliphatic heterocycles. The van der Waals surface area contributed by atoms with E-state index in [1.807, 2.05) is 19.1 Å². The predicted molar refractivity (Wildman–Crippen MR) is 141 cm³/mol. The first-order valence-corrected chi connectivity index (χ1v) is 14.0. The molecule has 6 heteroatoms. The molecule has 0 heterocycles. The maximum atomic E-state index is 15.7. The van der Waals surface area contributed by atoms with Crippen molar-refractivity contribution in [1.29, 1.82) is 5.26 Å². The van der Waals surface area contributed by atoms with Gasteiger partial charge in [-0.3, -0.25) is 0 Å². The van der Waals surface area contributed by atoms with Gasteiger partial charge in [0.15, 0.2) is 11.6 Å². The van der Waals surface area contributed by atoms with Gasteiger partial charge < -0.3 is 0 Å². The van der Waals surface area contributed by atoms with E-state index in [1.165, 1.54) is 12.1 Å². The van der Waals surface area contributed by atoms with Crippen molar-refractivity contribution in [2.75, 3.05) is 0 Å². The summed E-state index contributed by atoms with van der Waals surface area (Å²) in [4.78, 5) is 0. The zero-order valence-electron chi connectivity index (χ0n) is 22.1. The fourth-order valence-electron chi connectivity index (χ4n) is 6.56. The van der Waals surface area contributed by atoms with Crippen molar-refractivity contribution >= 4 is 0 Å².